The van der Waals surface area contributed by atoms with Crippen molar-refractivity contribution in [2.75, 3.05) is 6.54 Å². The fourth-order valence-corrected chi connectivity index (χ4v) is 1.88. The van der Waals surface area contributed by atoms with Gasteiger partial charge in [0.25, 0.3) is 0 Å². The van der Waals surface area contributed by atoms with Gasteiger partial charge >= 0.3 is 0 Å². The maximum Gasteiger partial charge on any atom is 0.220 e. The van der Waals surface area contributed by atoms with Crippen molar-refractivity contribution in [1.82, 2.24) is 10.3 Å². The molecule has 0 aliphatic heterocycles. The summed E-state index contributed by atoms with van der Waals surface area (Å²) >= 11 is 0. The van der Waals surface area contributed by atoms with Crippen LogP contribution in [0.1, 0.15) is 25.5 Å². The second-order valence-corrected chi connectivity index (χ2v) is 4.46. The van der Waals surface area contributed by atoms with E-state index in [2.05, 4.69) is 10.3 Å². The maximum atomic E-state index is 13.6. The van der Waals surface area contributed by atoms with Crippen molar-refractivity contribution in [3.8, 4) is 0 Å². The van der Waals surface area contributed by atoms with Crippen LogP contribution in [0.4, 0.5) is 4.39 Å². The first-order valence-electron chi connectivity index (χ1n) is 6.51. The fraction of sp³-hybridized carbons (Fsp3) is 0.333. The zero-order valence-corrected chi connectivity index (χ0v) is 10.9. The van der Waals surface area contributed by atoms with E-state index in [9.17, 15) is 9.18 Å². The normalized spacial score (nSPS) is 10.6. The van der Waals surface area contributed by atoms with Crippen molar-refractivity contribution in [3.05, 3.63) is 41.8 Å². The molecule has 4 heteroatoms. The van der Waals surface area contributed by atoms with E-state index in [0.717, 1.165) is 17.5 Å². The van der Waals surface area contributed by atoms with Gasteiger partial charge in [-0.05, 0) is 25.0 Å². The number of nitrogens with zero attached hydrogens (tertiary/aromatic N) is 1. The molecule has 2 aromatic rings. The number of nitrogens with one attached hydrogen (secondary N) is 1. The van der Waals surface area contributed by atoms with Crippen molar-refractivity contribution in [1.29, 1.82) is 0 Å². The molecule has 0 bridgehead atoms. The number of aryl methyl sites for hydroxylation is 1. The van der Waals surface area contributed by atoms with Gasteiger partial charge in [0.2, 0.25) is 5.91 Å². The molecular weight excluding hydrogens is 243 g/mol. The highest BCUT2D eigenvalue weighted by molar-refractivity contribution is 5.79. The van der Waals surface area contributed by atoms with Crippen LogP contribution in [0.2, 0.25) is 0 Å². The van der Waals surface area contributed by atoms with Crippen LogP contribution in [0.5, 0.6) is 0 Å². The lowest BCUT2D eigenvalue weighted by molar-refractivity contribution is -0.121. The van der Waals surface area contributed by atoms with Crippen molar-refractivity contribution >= 4 is 16.8 Å². The largest absolute Gasteiger partial charge is 0.356 e. The first kappa shape index (κ1) is 13.5. The Bertz CT molecular complexity index is 583. The molecule has 1 amide bonds. The van der Waals surface area contributed by atoms with Gasteiger partial charge in [0, 0.05) is 24.0 Å². The Morgan fingerprint density at radius 1 is 1.32 bits per heavy atom. The predicted molar refractivity (Wildman–Crippen MR) is 73.3 cm³/mol. The molecule has 0 aliphatic carbocycles. The molecule has 0 atom stereocenters. The van der Waals surface area contributed by atoms with Crippen LogP contribution in [0, 0.1) is 5.82 Å². The van der Waals surface area contributed by atoms with Gasteiger partial charge in [-0.15, -0.1) is 0 Å². The molecular formula is C15H17FN2O. The third-order valence-corrected chi connectivity index (χ3v) is 2.91. The standard InChI is InChI=1S/C15H17FN2O/c1-2-10-17-14(19)9-8-12-7-6-11-4-3-5-13(16)15(11)18-12/h3-7H,2,8-10H2,1H3,(H,17,19). The Hall–Kier alpha value is -1.97. The number of aromatic nitrogens is 1. The zero-order chi connectivity index (χ0) is 13.7. The highest BCUT2D eigenvalue weighted by Gasteiger charge is 2.05. The molecule has 100 valence electrons. The van der Waals surface area contributed by atoms with Crippen molar-refractivity contribution in [3.63, 3.8) is 0 Å². The zero-order valence-electron chi connectivity index (χ0n) is 10.9. The molecule has 1 N–H and O–H groups in total. The molecule has 2 rings (SSSR count). The average molecular weight is 260 g/mol. The van der Waals surface area contributed by atoms with E-state index >= 15 is 0 Å². The molecule has 0 radical (unpaired) electrons. The van der Waals surface area contributed by atoms with Crippen molar-refractivity contribution < 1.29 is 9.18 Å². The van der Waals surface area contributed by atoms with Crippen LogP contribution in [0.25, 0.3) is 10.9 Å². The first-order chi connectivity index (χ1) is 9.20. The second-order valence-electron chi connectivity index (χ2n) is 4.46. The Kier molecular flexibility index (Phi) is 4.44. The van der Waals surface area contributed by atoms with Gasteiger partial charge in [-0.25, -0.2) is 9.37 Å². The Labute approximate surface area is 111 Å². The van der Waals surface area contributed by atoms with Gasteiger partial charge in [0.05, 0.1) is 0 Å². The summed E-state index contributed by atoms with van der Waals surface area (Å²) in [6, 6.07) is 8.56. The van der Waals surface area contributed by atoms with Crippen LogP contribution in [0.15, 0.2) is 30.3 Å². The number of hydrogen-bond acceptors (Lipinski definition) is 2. The van der Waals surface area contributed by atoms with Crippen LogP contribution in [0.3, 0.4) is 0 Å². The molecule has 1 aromatic heterocycles. The molecule has 1 aromatic carbocycles. The maximum absolute atomic E-state index is 13.6. The van der Waals surface area contributed by atoms with Crippen LogP contribution in [-0.2, 0) is 11.2 Å². The van der Waals surface area contributed by atoms with E-state index in [-0.39, 0.29) is 11.7 Å². The molecule has 0 aliphatic rings. The topological polar surface area (TPSA) is 42.0 Å². The van der Waals surface area contributed by atoms with Crippen LogP contribution in [-0.4, -0.2) is 17.4 Å². The number of fused-ring (bicyclic) bond motifs is 1. The monoisotopic (exact) mass is 260 g/mol. The average Bonchev–Trinajstić information content (AvgIpc) is 2.43. The first-order valence-corrected chi connectivity index (χ1v) is 6.51. The third-order valence-electron chi connectivity index (χ3n) is 2.91. The summed E-state index contributed by atoms with van der Waals surface area (Å²) < 4.78 is 13.6. The Morgan fingerprint density at radius 2 is 2.16 bits per heavy atom. The lowest BCUT2D eigenvalue weighted by Gasteiger charge is -2.05. The number of hydrogen-bond donors (Lipinski definition) is 1. The van der Waals surface area contributed by atoms with E-state index in [1.54, 1.807) is 6.07 Å². The molecule has 0 saturated carbocycles. The van der Waals surface area contributed by atoms with Gasteiger partial charge in [-0.1, -0.05) is 25.1 Å². The quantitative estimate of drug-likeness (QED) is 0.898. The number of halogens is 1. The summed E-state index contributed by atoms with van der Waals surface area (Å²) in [7, 11) is 0. The minimum atomic E-state index is -0.324. The molecule has 0 fully saturated rings. The molecule has 0 unspecified atom stereocenters. The minimum Gasteiger partial charge on any atom is -0.356 e. The van der Waals surface area contributed by atoms with Crippen LogP contribution < -0.4 is 5.32 Å². The molecule has 3 nitrogen and oxygen atoms in total. The van der Waals surface area contributed by atoms with Crippen molar-refractivity contribution in [2.45, 2.75) is 26.2 Å². The molecule has 1 heterocycles. The minimum absolute atomic E-state index is 0.0114. The summed E-state index contributed by atoms with van der Waals surface area (Å²) in [5.41, 5.74) is 1.11. The van der Waals surface area contributed by atoms with Gasteiger partial charge < -0.3 is 5.32 Å². The lowest BCUT2D eigenvalue weighted by Crippen LogP contribution is -2.24. The lowest BCUT2D eigenvalue weighted by atomic mass is 10.1. The summed E-state index contributed by atoms with van der Waals surface area (Å²) in [5.74, 6) is -0.313. The van der Waals surface area contributed by atoms with Crippen molar-refractivity contribution in [2.24, 2.45) is 0 Å². The smallest absolute Gasteiger partial charge is 0.220 e. The summed E-state index contributed by atoms with van der Waals surface area (Å²) in [5, 5.41) is 3.59. The van der Waals surface area contributed by atoms with Gasteiger partial charge in [-0.2, -0.15) is 0 Å². The number of pyridine rings is 1. The number of benzene rings is 1. The van der Waals surface area contributed by atoms with Gasteiger partial charge in [-0.3, -0.25) is 4.79 Å². The Balaban J connectivity index is 2.05. The summed E-state index contributed by atoms with van der Waals surface area (Å²) in [6.45, 7) is 2.70. The van der Waals surface area contributed by atoms with E-state index < -0.39 is 0 Å². The van der Waals surface area contributed by atoms with E-state index in [0.29, 0.717) is 24.9 Å². The number of amides is 1. The predicted octanol–water partition coefficient (Wildman–Crippen LogP) is 2.83. The summed E-state index contributed by atoms with van der Waals surface area (Å²) in [4.78, 5) is 15.8. The number of para-hydroxylation sites is 1. The highest BCUT2D eigenvalue weighted by Crippen LogP contribution is 2.16. The SMILES string of the molecule is CCCNC(=O)CCc1ccc2cccc(F)c2n1. The van der Waals surface area contributed by atoms with E-state index in [1.807, 2.05) is 25.1 Å². The summed E-state index contributed by atoms with van der Waals surface area (Å²) in [6.07, 6.45) is 1.83. The van der Waals surface area contributed by atoms with E-state index in [1.165, 1.54) is 6.07 Å². The highest BCUT2D eigenvalue weighted by atomic mass is 19.1. The second kappa shape index (κ2) is 6.27. The molecule has 19 heavy (non-hydrogen) atoms. The van der Waals surface area contributed by atoms with Gasteiger partial charge in [0.15, 0.2) is 0 Å². The third kappa shape index (κ3) is 3.50. The van der Waals surface area contributed by atoms with Crippen LogP contribution >= 0.6 is 0 Å². The number of rotatable bonds is 5. The number of carbonyl (C=O) groups excluding carboxylic acids is 1. The Morgan fingerprint density at radius 3 is 2.95 bits per heavy atom. The fourth-order valence-electron chi connectivity index (χ4n) is 1.88. The van der Waals surface area contributed by atoms with E-state index in [4.69, 9.17) is 0 Å². The molecule has 0 saturated heterocycles. The van der Waals surface area contributed by atoms with Gasteiger partial charge in [0.1, 0.15) is 11.3 Å². The number of carbonyl (C=O) groups is 1. The molecule has 0 spiro atoms.